The highest BCUT2D eigenvalue weighted by atomic mass is 32.2. The lowest BCUT2D eigenvalue weighted by molar-refractivity contribution is -0.116. The largest absolute Gasteiger partial charge is 0.326 e. The first-order valence-electron chi connectivity index (χ1n) is 7.16. The molecule has 0 saturated carbocycles. The SMILES string of the molecule is CC[C@H](C)NS(=O)(=O)c1ccc(NC(=O)CC(C)C)cc1. The molecule has 6 heteroatoms. The fourth-order valence-corrected chi connectivity index (χ4v) is 3.04. The summed E-state index contributed by atoms with van der Waals surface area (Å²) in [5.74, 6) is 0.211. The van der Waals surface area contributed by atoms with Crippen LogP contribution in [0, 0.1) is 5.92 Å². The van der Waals surface area contributed by atoms with E-state index in [2.05, 4.69) is 10.0 Å². The third-order valence-electron chi connectivity index (χ3n) is 3.01. The van der Waals surface area contributed by atoms with Crippen molar-refractivity contribution in [2.45, 2.75) is 51.5 Å². The molecular formula is C15H24N2O3S. The molecule has 0 aliphatic rings. The van der Waals surface area contributed by atoms with Crippen LogP contribution in [0.3, 0.4) is 0 Å². The van der Waals surface area contributed by atoms with E-state index in [4.69, 9.17) is 0 Å². The molecule has 0 radical (unpaired) electrons. The topological polar surface area (TPSA) is 75.3 Å². The molecule has 0 heterocycles. The number of carbonyl (C=O) groups is 1. The maximum absolute atomic E-state index is 12.1. The zero-order valence-electron chi connectivity index (χ0n) is 13.0. The Morgan fingerprint density at radius 2 is 1.71 bits per heavy atom. The van der Waals surface area contributed by atoms with Crippen molar-refractivity contribution in [3.63, 3.8) is 0 Å². The minimum absolute atomic E-state index is 0.0710. The van der Waals surface area contributed by atoms with Crippen molar-refractivity contribution >= 4 is 21.6 Å². The normalized spacial score (nSPS) is 13.2. The van der Waals surface area contributed by atoms with Crippen molar-refractivity contribution in [3.8, 4) is 0 Å². The van der Waals surface area contributed by atoms with Crippen molar-refractivity contribution in [3.05, 3.63) is 24.3 Å². The average Bonchev–Trinajstić information content (AvgIpc) is 2.37. The summed E-state index contributed by atoms with van der Waals surface area (Å²) in [7, 11) is -3.50. The van der Waals surface area contributed by atoms with Gasteiger partial charge in [-0.2, -0.15) is 0 Å². The summed E-state index contributed by atoms with van der Waals surface area (Å²) in [5.41, 5.74) is 0.600. The highest BCUT2D eigenvalue weighted by Gasteiger charge is 2.16. The van der Waals surface area contributed by atoms with Crippen LogP contribution >= 0.6 is 0 Å². The fraction of sp³-hybridized carbons (Fsp3) is 0.533. The Kier molecular flexibility index (Phi) is 6.36. The maximum Gasteiger partial charge on any atom is 0.240 e. The Morgan fingerprint density at radius 3 is 2.19 bits per heavy atom. The number of hydrogen-bond acceptors (Lipinski definition) is 3. The quantitative estimate of drug-likeness (QED) is 0.813. The van der Waals surface area contributed by atoms with Gasteiger partial charge in [0.1, 0.15) is 0 Å². The number of sulfonamides is 1. The summed E-state index contributed by atoms with van der Waals surface area (Å²) in [6, 6.07) is 6.08. The summed E-state index contributed by atoms with van der Waals surface area (Å²) >= 11 is 0. The van der Waals surface area contributed by atoms with Gasteiger partial charge in [0.05, 0.1) is 4.90 Å². The zero-order valence-corrected chi connectivity index (χ0v) is 13.8. The molecule has 1 atom stereocenters. The minimum Gasteiger partial charge on any atom is -0.326 e. The number of carbonyl (C=O) groups excluding carboxylic acids is 1. The third-order valence-corrected chi connectivity index (χ3v) is 4.62. The first-order chi connectivity index (χ1) is 9.74. The first-order valence-corrected chi connectivity index (χ1v) is 8.65. The minimum atomic E-state index is -3.50. The lowest BCUT2D eigenvalue weighted by Gasteiger charge is -2.12. The molecule has 1 aromatic carbocycles. The molecule has 5 nitrogen and oxygen atoms in total. The van der Waals surface area contributed by atoms with E-state index in [1.165, 1.54) is 12.1 Å². The van der Waals surface area contributed by atoms with Gasteiger partial charge in [-0.1, -0.05) is 20.8 Å². The van der Waals surface area contributed by atoms with Gasteiger partial charge in [0.25, 0.3) is 0 Å². The van der Waals surface area contributed by atoms with Crippen molar-refractivity contribution in [1.29, 1.82) is 0 Å². The number of hydrogen-bond donors (Lipinski definition) is 2. The van der Waals surface area contributed by atoms with Gasteiger partial charge in [0, 0.05) is 18.2 Å². The molecule has 0 fully saturated rings. The van der Waals surface area contributed by atoms with Crippen LogP contribution in [0.25, 0.3) is 0 Å². The van der Waals surface area contributed by atoms with E-state index in [-0.39, 0.29) is 22.8 Å². The molecule has 0 saturated heterocycles. The van der Waals surface area contributed by atoms with E-state index in [1.54, 1.807) is 12.1 Å². The van der Waals surface area contributed by atoms with E-state index in [1.807, 2.05) is 27.7 Å². The Hall–Kier alpha value is -1.40. The van der Waals surface area contributed by atoms with E-state index in [0.29, 0.717) is 12.1 Å². The maximum atomic E-state index is 12.1. The van der Waals surface area contributed by atoms with Gasteiger partial charge < -0.3 is 5.32 Å². The van der Waals surface area contributed by atoms with Crippen LogP contribution < -0.4 is 10.0 Å². The van der Waals surface area contributed by atoms with Gasteiger partial charge in [0.15, 0.2) is 0 Å². The van der Waals surface area contributed by atoms with Crippen LogP contribution in [0.4, 0.5) is 5.69 Å². The molecule has 118 valence electrons. The number of rotatable bonds is 7. The van der Waals surface area contributed by atoms with Crippen molar-refractivity contribution in [1.82, 2.24) is 4.72 Å². The van der Waals surface area contributed by atoms with Crippen molar-refractivity contribution in [2.75, 3.05) is 5.32 Å². The summed E-state index contributed by atoms with van der Waals surface area (Å²) in [6.45, 7) is 7.67. The second-order valence-corrected chi connectivity index (χ2v) is 7.32. The van der Waals surface area contributed by atoms with E-state index in [9.17, 15) is 13.2 Å². The van der Waals surface area contributed by atoms with Crippen LogP contribution in [-0.4, -0.2) is 20.4 Å². The second-order valence-electron chi connectivity index (χ2n) is 5.60. The summed E-state index contributed by atoms with van der Waals surface area (Å²) in [5, 5.41) is 2.75. The summed E-state index contributed by atoms with van der Waals surface area (Å²) in [4.78, 5) is 11.8. The number of benzene rings is 1. The fourth-order valence-electron chi connectivity index (χ4n) is 1.72. The van der Waals surface area contributed by atoms with E-state index in [0.717, 1.165) is 6.42 Å². The number of amides is 1. The van der Waals surface area contributed by atoms with Gasteiger partial charge in [-0.3, -0.25) is 4.79 Å². The zero-order chi connectivity index (χ0) is 16.0. The summed E-state index contributed by atoms with van der Waals surface area (Å²) < 4.78 is 26.8. The highest BCUT2D eigenvalue weighted by Crippen LogP contribution is 2.15. The molecule has 0 aliphatic carbocycles. The smallest absolute Gasteiger partial charge is 0.240 e. The molecule has 1 amide bonds. The second kappa shape index (κ2) is 7.56. The van der Waals surface area contributed by atoms with Gasteiger partial charge in [-0.25, -0.2) is 13.1 Å². The Bertz CT molecular complexity index is 565. The average molecular weight is 312 g/mol. The molecule has 0 bridgehead atoms. The van der Waals surface area contributed by atoms with Gasteiger partial charge >= 0.3 is 0 Å². The highest BCUT2D eigenvalue weighted by molar-refractivity contribution is 7.89. The number of nitrogens with one attached hydrogen (secondary N) is 2. The molecule has 21 heavy (non-hydrogen) atoms. The standard InChI is InChI=1S/C15H24N2O3S/c1-5-12(4)17-21(19,20)14-8-6-13(7-9-14)16-15(18)10-11(2)3/h6-9,11-12,17H,5,10H2,1-4H3,(H,16,18)/t12-/m0/s1. The van der Waals surface area contributed by atoms with E-state index < -0.39 is 10.0 Å². The summed E-state index contributed by atoms with van der Waals surface area (Å²) in [6.07, 6.45) is 1.16. The van der Waals surface area contributed by atoms with Gasteiger partial charge in [-0.05, 0) is 43.5 Å². The molecule has 0 aliphatic heterocycles. The molecule has 0 spiro atoms. The molecular weight excluding hydrogens is 288 g/mol. The monoisotopic (exact) mass is 312 g/mol. The lowest BCUT2D eigenvalue weighted by atomic mass is 10.1. The third kappa shape index (κ3) is 5.85. The van der Waals surface area contributed by atoms with Crippen LogP contribution in [0.5, 0.6) is 0 Å². The van der Waals surface area contributed by atoms with Gasteiger partial charge in [-0.15, -0.1) is 0 Å². The predicted molar refractivity (Wildman–Crippen MR) is 84.6 cm³/mol. The molecule has 0 unspecified atom stereocenters. The molecule has 1 rings (SSSR count). The van der Waals surface area contributed by atoms with Crippen molar-refractivity contribution in [2.24, 2.45) is 5.92 Å². The Morgan fingerprint density at radius 1 is 1.14 bits per heavy atom. The van der Waals surface area contributed by atoms with Gasteiger partial charge in [0.2, 0.25) is 15.9 Å². The molecule has 0 aromatic heterocycles. The van der Waals surface area contributed by atoms with Crippen LogP contribution in [0.1, 0.15) is 40.5 Å². The number of anilines is 1. The van der Waals surface area contributed by atoms with Crippen LogP contribution in [-0.2, 0) is 14.8 Å². The molecule has 1 aromatic rings. The first kappa shape index (κ1) is 17.7. The Balaban J connectivity index is 2.76. The lowest BCUT2D eigenvalue weighted by Crippen LogP contribution is -2.31. The van der Waals surface area contributed by atoms with Crippen molar-refractivity contribution < 1.29 is 13.2 Å². The predicted octanol–water partition coefficient (Wildman–Crippen LogP) is 2.75. The molecule has 2 N–H and O–H groups in total. The van der Waals surface area contributed by atoms with E-state index >= 15 is 0 Å². The van der Waals surface area contributed by atoms with Crippen LogP contribution in [0.15, 0.2) is 29.2 Å². The Labute approximate surface area is 127 Å². The van der Waals surface area contributed by atoms with Crippen LogP contribution in [0.2, 0.25) is 0 Å².